The largest absolute Gasteiger partial charge is 0.369 e. The maximum atomic E-state index is 12.8. The molecule has 0 radical (unpaired) electrons. The molecule has 0 unspecified atom stereocenters. The van der Waals surface area contributed by atoms with Crippen LogP contribution in [0.4, 0.5) is 5.69 Å². The summed E-state index contributed by atoms with van der Waals surface area (Å²) in [7, 11) is -3.98. The molecule has 1 amide bonds. The van der Waals surface area contributed by atoms with Gasteiger partial charge in [0.1, 0.15) is 0 Å². The van der Waals surface area contributed by atoms with Crippen molar-refractivity contribution in [3.05, 3.63) is 78.1 Å². The summed E-state index contributed by atoms with van der Waals surface area (Å²) in [6.45, 7) is 4.27. The highest BCUT2D eigenvalue weighted by atomic mass is 32.2. The first-order valence-electron chi connectivity index (χ1n) is 10.6. The molecule has 2 aromatic carbocycles. The van der Waals surface area contributed by atoms with E-state index >= 15 is 0 Å². The minimum Gasteiger partial charge on any atom is -0.369 e. The lowest BCUT2D eigenvalue weighted by atomic mass is 10.0. The van der Waals surface area contributed by atoms with Gasteiger partial charge in [0.05, 0.1) is 4.90 Å². The first kappa shape index (κ1) is 23.9. The molecule has 33 heavy (non-hydrogen) atoms. The van der Waals surface area contributed by atoms with Crippen LogP contribution in [-0.2, 0) is 34.2 Å². The molecule has 1 heterocycles. The van der Waals surface area contributed by atoms with Crippen LogP contribution in [-0.4, -0.2) is 20.3 Å². The molecule has 0 aliphatic heterocycles. The molecule has 0 saturated carbocycles. The third kappa shape index (κ3) is 5.95. The Morgan fingerprint density at radius 2 is 1.48 bits per heavy atom. The highest BCUT2D eigenvalue weighted by molar-refractivity contribution is 7.90. The molecule has 0 bridgehead atoms. The molecule has 0 fully saturated rings. The van der Waals surface area contributed by atoms with Gasteiger partial charge in [0.15, 0.2) is 11.4 Å². The highest BCUT2D eigenvalue weighted by Gasteiger charge is 2.21. The number of sulfonamides is 1. The normalized spacial score (nSPS) is 11.1. The summed E-state index contributed by atoms with van der Waals surface area (Å²) >= 11 is 0. The molecular weight excluding hydrogens is 438 g/mol. The summed E-state index contributed by atoms with van der Waals surface area (Å²) < 4.78 is 29.4. The smallest absolute Gasteiger partial charge is 0.290 e. The number of hydrogen-bond acceptors (Lipinski definition) is 3. The lowest BCUT2D eigenvalue weighted by molar-refractivity contribution is -0.698. The number of pyridine rings is 1. The van der Waals surface area contributed by atoms with E-state index in [9.17, 15) is 13.2 Å². The van der Waals surface area contributed by atoms with Crippen LogP contribution in [0.5, 0.6) is 0 Å². The number of carbonyl (C=O) groups excluding carboxylic acids is 1. The molecule has 3 aromatic rings. The molecule has 172 valence electrons. The topological polar surface area (TPSA) is 132 Å². The Labute approximate surface area is 194 Å². The Bertz CT molecular complexity index is 1240. The van der Waals surface area contributed by atoms with E-state index in [1.165, 1.54) is 24.3 Å². The Balaban J connectivity index is 1.81. The second-order valence-electron chi connectivity index (χ2n) is 7.45. The molecular formula is C24H28N5O3S+. The number of rotatable bonds is 8. The van der Waals surface area contributed by atoms with Crippen molar-refractivity contribution in [3.8, 4) is 11.1 Å². The first-order chi connectivity index (χ1) is 15.7. The molecule has 0 aliphatic carbocycles. The minimum atomic E-state index is -3.98. The van der Waals surface area contributed by atoms with Gasteiger partial charge in [0, 0.05) is 30.7 Å². The third-order valence-corrected chi connectivity index (χ3v) is 6.45. The SMILES string of the molecule is CCc1cc(-c2ccccc2)cc(CC)[n+]1CC(=O)Nc1ccc(S(=O)(=O)N=C(N)N)cc1. The van der Waals surface area contributed by atoms with Crippen molar-refractivity contribution in [2.45, 2.75) is 38.1 Å². The standard InChI is InChI=1S/C24H27N5O3S/c1-3-20-14-18(17-8-6-5-7-9-17)15-21(4-2)29(20)16-23(30)27-19-10-12-22(13-11-19)33(31,32)28-24(25)26/h5-15H,3-4,16H2,1-2H3,(H4-,25,26,27,28,30)/p+1. The van der Waals surface area contributed by atoms with E-state index in [0.717, 1.165) is 35.4 Å². The van der Waals surface area contributed by atoms with E-state index < -0.39 is 16.0 Å². The summed E-state index contributed by atoms with van der Waals surface area (Å²) in [6.07, 6.45) is 1.55. The predicted octanol–water partition coefficient (Wildman–Crippen LogP) is 2.37. The van der Waals surface area contributed by atoms with Crippen LogP contribution in [0.1, 0.15) is 25.2 Å². The van der Waals surface area contributed by atoms with Crippen LogP contribution >= 0.6 is 0 Å². The second-order valence-corrected chi connectivity index (χ2v) is 9.05. The van der Waals surface area contributed by atoms with Crippen LogP contribution in [0.15, 0.2) is 76.0 Å². The van der Waals surface area contributed by atoms with Crippen LogP contribution in [0.2, 0.25) is 0 Å². The van der Waals surface area contributed by atoms with Crippen LogP contribution in [0, 0.1) is 0 Å². The van der Waals surface area contributed by atoms with Gasteiger partial charge in [0.25, 0.3) is 15.9 Å². The van der Waals surface area contributed by atoms with Gasteiger partial charge in [-0.1, -0.05) is 44.2 Å². The quantitative estimate of drug-likeness (QED) is 0.266. The summed E-state index contributed by atoms with van der Waals surface area (Å²) in [5.74, 6) is -0.752. The number of aryl methyl sites for hydroxylation is 2. The summed E-state index contributed by atoms with van der Waals surface area (Å²) in [5, 5.41) is 2.82. The summed E-state index contributed by atoms with van der Waals surface area (Å²) in [4.78, 5) is 12.7. The van der Waals surface area contributed by atoms with Gasteiger partial charge >= 0.3 is 0 Å². The maximum absolute atomic E-state index is 12.8. The van der Waals surface area contributed by atoms with Crippen LogP contribution in [0.3, 0.4) is 0 Å². The van der Waals surface area contributed by atoms with Gasteiger partial charge in [-0.15, -0.1) is 4.40 Å². The van der Waals surface area contributed by atoms with Gasteiger partial charge in [-0.25, -0.2) is 0 Å². The second kappa shape index (κ2) is 10.3. The Kier molecular flexibility index (Phi) is 7.44. The number of amides is 1. The molecule has 0 saturated heterocycles. The van der Waals surface area contributed by atoms with E-state index in [-0.39, 0.29) is 17.3 Å². The number of nitrogens with zero attached hydrogens (tertiary/aromatic N) is 2. The monoisotopic (exact) mass is 466 g/mol. The molecule has 0 atom stereocenters. The van der Waals surface area contributed by atoms with Crippen molar-refractivity contribution in [1.29, 1.82) is 0 Å². The van der Waals surface area contributed by atoms with E-state index in [0.29, 0.717) is 5.69 Å². The molecule has 3 rings (SSSR count). The molecule has 5 N–H and O–H groups in total. The van der Waals surface area contributed by atoms with E-state index in [2.05, 4.69) is 47.8 Å². The fourth-order valence-corrected chi connectivity index (χ4v) is 4.44. The van der Waals surface area contributed by atoms with Crippen molar-refractivity contribution < 1.29 is 17.8 Å². The third-order valence-electron chi connectivity index (χ3n) is 5.13. The van der Waals surface area contributed by atoms with Crippen molar-refractivity contribution >= 4 is 27.6 Å². The van der Waals surface area contributed by atoms with Crippen molar-refractivity contribution in [1.82, 2.24) is 0 Å². The zero-order chi connectivity index (χ0) is 24.0. The average molecular weight is 467 g/mol. The Morgan fingerprint density at radius 3 is 2.00 bits per heavy atom. The molecule has 0 aliphatic rings. The molecule has 8 nitrogen and oxygen atoms in total. The lowest BCUT2D eigenvalue weighted by Gasteiger charge is -2.11. The van der Waals surface area contributed by atoms with Gasteiger partial charge < -0.3 is 16.8 Å². The predicted molar refractivity (Wildman–Crippen MR) is 129 cm³/mol. The van der Waals surface area contributed by atoms with E-state index in [1.54, 1.807) is 0 Å². The minimum absolute atomic E-state index is 0.0682. The van der Waals surface area contributed by atoms with Crippen molar-refractivity contribution in [2.75, 3.05) is 5.32 Å². The highest BCUT2D eigenvalue weighted by Crippen LogP contribution is 2.21. The van der Waals surface area contributed by atoms with E-state index in [4.69, 9.17) is 11.5 Å². The van der Waals surface area contributed by atoms with Gasteiger partial charge in [-0.3, -0.25) is 4.79 Å². The Morgan fingerprint density at radius 1 is 0.909 bits per heavy atom. The van der Waals surface area contributed by atoms with Gasteiger partial charge in [-0.05, 0) is 35.4 Å². The summed E-state index contributed by atoms with van der Waals surface area (Å²) in [5.41, 5.74) is 15.2. The van der Waals surface area contributed by atoms with Crippen molar-refractivity contribution in [3.63, 3.8) is 0 Å². The van der Waals surface area contributed by atoms with Crippen molar-refractivity contribution in [2.24, 2.45) is 15.9 Å². The molecule has 1 aromatic heterocycles. The van der Waals surface area contributed by atoms with Gasteiger partial charge in [0.2, 0.25) is 12.5 Å². The maximum Gasteiger partial charge on any atom is 0.290 e. The van der Waals surface area contributed by atoms with Gasteiger partial charge in [-0.2, -0.15) is 13.0 Å². The first-order valence-corrected chi connectivity index (χ1v) is 12.0. The number of nitrogens with one attached hydrogen (secondary N) is 1. The van der Waals surface area contributed by atoms with Crippen LogP contribution in [0.25, 0.3) is 11.1 Å². The number of aromatic nitrogens is 1. The van der Waals surface area contributed by atoms with Crippen LogP contribution < -0.4 is 21.4 Å². The molecule has 0 spiro atoms. The Hall–Kier alpha value is -3.72. The number of benzene rings is 2. The number of guanidine groups is 1. The zero-order valence-corrected chi connectivity index (χ0v) is 19.5. The zero-order valence-electron chi connectivity index (χ0n) is 18.7. The fourth-order valence-electron chi connectivity index (χ4n) is 3.57. The lowest BCUT2D eigenvalue weighted by Crippen LogP contribution is -2.47. The summed E-state index contributed by atoms with van der Waals surface area (Å²) in [6, 6.07) is 20.1. The number of anilines is 1. The number of nitrogens with two attached hydrogens (primary N) is 2. The average Bonchev–Trinajstić information content (AvgIpc) is 2.79. The number of hydrogen-bond donors (Lipinski definition) is 3. The number of carbonyl (C=O) groups is 1. The molecule has 9 heteroatoms. The fraction of sp³-hybridized carbons (Fsp3) is 0.208. The van der Waals surface area contributed by atoms with E-state index in [1.807, 2.05) is 22.8 Å².